The van der Waals surface area contributed by atoms with Crippen LogP contribution >= 0.6 is 0 Å². The van der Waals surface area contributed by atoms with Crippen molar-refractivity contribution >= 4 is 0 Å². The molecular formula is C11H16. The van der Waals surface area contributed by atoms with Gasteiger partial charge in [-0.3, -0.25) is 0 Å². The predicted octanol–water partition coefficient (Wildman–Crippen LogP) is 2.84. The first-order chi connectivity index (χ1) is 5.35. The molecule has 0 radical (unpaired) electrons. The second-order valence-electron chi connectivity index (χ2n) is 2.72. The van der Waals surface area contributed by atoms with Gasteiger partial charge in [-0.25, -0.2) is 0 Å². The maximum atomic E-state index is 5.31. The fourth-order valence-corrected chi connectivity index (χ4v) is 1.02. The van der Waals surface area contributed by atoms with Crippen LogP contribution in [-0.2, 0) is 0 Å². The third-order valence-corrected chi connectivity index (χ3v) is 1.85. The van der Waals surface area contributed by atoms with E-state index in [-0.39, 0.29) is 0 Å². The number of hydrogen-bond donors (Lipinski definition) is 0. The summed E-state index contributed by atoms with van der Waals surface area (Å²) in [5.41, 5.74) is 0. The van der Waals surface area contributed by atoms with Crippen molar-refractivity contribution in [3.8, 4) is 24.7 Å². The third-order valence-electron chi connectivity index (χ3n) is 1.85. The van der Waals surface area contributed by atoms with Gasteiger partial charge in [-0.1, -0.05) is 13.3 Å². The second-order valence-corrected chi connectivity index (χ2v) is 2.72. The maximum Gasteiger partial charge on any atom is 0.0197 e. The third kappa shape index (κ3) is 5.56. The predicted molar refractivity (Wildman–Crippen MR) is 49.9 cm³/mol. The Labute approximate surface area is 70.4 Å². The van der Waals surface area contributed by atoms with Crippen LogP contribution in [0.1, 0.15) is 39.0 Å². The quantitative estimate of drug-likeness (QED) is 0.415. The fraction of sp³-hybridized carbons (Fsp3) is 0.636. The molecule has 0 aromatic carbocycles. The number of unbranched alkanes of at least 4 members (excludes halogenated alkanes) is 2. The molecule has 1 unspecified atom stereocenters. The molecule has 0 aromatic heterocycles. The first kappa shape index (κ1) is 10.1. The Kier molecular flexibility index (Phi) is 6.65. The van der Waals surface area contributed by atoms with Gasteiger partial charge in [0.05, 0.1) is 0 Å². The van der Waals surface area contributed by atoms with Gasteiger partial charge in [-0.2, -0.15) is 0 Å². The van der Waals surface area contributed by atoms with E-state index in [4.69, 9.17) is 12.8 Å². The zero-order valence-corrected chi connectivity index (χ0v) is 7.27. The summed E-state index contributed by atoms with van der Waals surface area (Å²) in [6.07, 6.45) is 15.8. The van der Waals surface area contributed by atoms with E-state index in [2.05, 4.69) is 18.8 Å². The fourth-order valence-electron chi connectivity index (χ4n) is 1.02. The van der Waals surface area contributed by atoms with Crippen LogP contribution in [0.4, 0.5) is 0 Å². The first-order valence-corrected chi connectivity index (χ1v) is 4.24. The van der Waals surface area contributed by atoms with E-state index in [1.165, 1.54) is 6.42 Å². The number of hydrogen-bond acceptors (Lipinski definition) is 0. The van der Waals surface area contributed by atoms with Crippen LogP contribution < -0.4 is 0 Å². The van der Waals surface area contributed by atoms with Crippen LogP contribution in [0.25, 0.3) is 0 Å². The first-order valence-electron chi connectivity index (χ1n) is 4.24. The Morgan fingerprint density at radius 1 is 1.27 bits per heavy atom. The van der Waals surface area contributed by atoms with E-state index in [0.717, 1.165) is 25.7 Å². The highest BCUT2D eigenvalue weighted by molar-refractivity contribution is 4.92. The molecular weight excluding hydrogens is 132 g/mol. The normalized spacial score (nSPS) is 11.5. The monoisotopic (exact) mass is 148 g/mol. The molecule has 1 atom stereocenters. The van der Waals surface area contributed by atoms with Gasteiger partial charge in [0.2, 0.25) is 0 Å². The smallest absolute Gasteiger partial charge is 0.0197 e. The lowest BCUT2D eigenvalue weighted by atomic mass is 10.00. The van der Waals surface area contributed by atoms with Crippen LogP contribution in [0.5, 0.6) is 0 Å². The van der Waals surface area contributed by atoms with Crippen LogP contribution in [0.2, 0.25) is 0 Å². The minimum Gasteiger partial charge on any atom is -0.120 e. The molecule has 60 valence electrons. The van der Waals surface area contributed by atoms with Crippen molar-refractivity contribution in [2.75, 3.05) is 0 Å². The zero-order chi connectivity index (χ0) is 8.53. The van der Waals surface area contributed by atoms with Crippen LogP contribution in [-0.4, -0.2) is 0 Å². The van der Waals surface area contributed by atoms with E-state index >= 15 is 0 Å². The van der Waals surface area contributed by atoms with Crippen LogP contribution in [0.15, 0.2) is 0 Å². The Morgan fingerprint density at radius 2 is 2.00 bits per heavy atom. The van der Waals surface area contributed by atoms with Crippen molar-refractivity contribution in [2.45, 2.75) is 39.0 Å². The van der Waals surface area contributed by atoms with E-state index in [9.17, 15) is 0 Å². The van der Waals surface area contributed by atoms with Gasteiger partial charge in [-0.15, -0.1) is 24.7 Å². The van der Waals surface area contributed by atoms with Gasteiger partial charge < -0.3 is 0 Å². The summed E-state index contributed by atoms with van der Waals surface area (Å²) >= 11 is 0. The topological polar surface area (TPSA) is 0 Å². The Hall–Kier alpha value is -0.880. The van der Waals surface area contributed by atoms with Crippen molar-refractivity contribution in [1.29, 1.82) is 0 Å². The zero-order valence-electron chi connectivity index (χ0n) is 7.27. The van der Waals surface area contributed by atoms with Crippen molar-refractivity contribution in [3.05, 3.63) is 0 Å². The highest BCUT2D eigenvalue weighted by Crippen LogP contribution is 2.11. The summed E-state index contributed by atoms with van der Waals surface area (Å²) in [7, 11) is 0. The Bertz CT molecular complexity index is 154. The molecule has 0 amide bonds. The molecule has 0 bridgehead atoms. The highest BCUT2D eigenvalue weighted by Gasteiger charge is 1.99. The molecule has 0 nitrogen and oxygen atoms in total. The Balaban J connectivity index is 3.25. The minimum atomic E-state index is 0.466. The summed E-state index contributed by atoms with van der Waals surface area (Å²) < 4.78 is 0. The lowest BCUT2D eigenvalue weighted by Gasteiger charge is -2.04. The number of rotatable bonds is 5. The van der Waals surface area contributed by atoms with Gasteiger partial charge in [0.15, 0.2) is 0 Å². The lowest BCUT2D eigenvalue weighted by molar-refractivity contribution is 0.549. The summed E-state index contributed by atoms with van der Waals surface area (Å²) in [6.45, 7) is 2.13. The molecule has 0 rings (SSSR count). The Morgan fingerprint density at radius 3 is 2.45 bits per heavy atom. The molecule has 0 saturated heterocycles. The van der Waals surface area contributed by atoms with Crippen LogP contribution in [0.3, 0.4) is 0 Å². The molecule has 0 spiro atoms. The van der Waals surface area contributed by atoms with Crippen molar-refractivity contribution in [1.82, 2.24) is 0 Å². The summed E-state index contributed by atoms with van der Waals surface area (Å²) in [5.74, 6) is 5.87. The van der Waals surface area contributed by atoms with Gasteiger partial charge in [0.1, 0.15) is 0 Å². The summed E-state index contributed by atoms with van der Waals surface area (Å²) in [4.78, 5) is 0. The molecule has 0 N–H and O–H groups in total. The largest absolute Gasteiger partial charge is 0.120 e. The number of terminal acetylenes is 2. The molecule has 0 heteroatoms. The summed E-state index contributed by atoms with van der Waals surface area (Å²) in [6, 6.07) is 0. The van der Waals surface area contributed by atoms with E-state index in [1.54, 1.807) is 0 Å². The molecule has 0 fully saturated rings. The van der Waals surface area contributed by atoms with Gasteiger partial charge >= 0.3 is 0 Å². The van der Waals surface area contributed by atoms with Crippen molar-refractivity contribution in [3.63, 3.8) is 0 Å². The van der Waals surface area contributed by atoms with Gasteiger partial charge in [0.25, 0.3) is 0 Å². The van der Waals surface area contributed by atoms with Crippen LogP contribution in [0, 0.1) is 30.6 Å². The van der Waals surface area contributed by atoms with Gasteiger partial charge in [0, 0.05) is 12.3 Å². The van der Waals surface area contributed by atoms with E-state index in [1.807, 2.05) is 0 Å². The molecule has 0 aromatic rings. The van der Waals surface area contributed by atoms with Crippen molar-refractivity contribution < 1.29 is 0 Å². The lowest BCUT2D eigenvalue weighted by Crippen LogP contribution is -1.93. The van der Waals surface area contributed by atoms with Gasteiger partial charge in [-0.05, 0) is 19.3 Å². The van der Waals surface area contributed by atoms with Crippen molar-refractivity contribution in [2.24, 2.45) is 5.92 Å². The average Bonchev–Trinajstić information content (AvgIpc) is 2.05. The standard InChI is InChI=1S/C11H16/c1-4-7-8-9-10-11(5-2)6-3/h1-2,11H,6-10H2,3H3. The average molecular weight is 148 g/mol. The van der Waals surface area contributed by atoms with E-state index < -0.39 is 0 Å². The molecule has 0 aliphatic heterocycles. The molecule has 0 aliphatic carbocycles. The maximum absolute atomic E-state index is 5.31. The second kappa shape index (κ2) is 7.23. The molecule has 0 saturated carbocycles. The SMILES string of the molecule is C#CCCCCC(C#C)CC. The molecule has 0 heterocycles. The minimum absolute atomic E-state index is 0.466. The molecule has 11 heavy (non-hydrogen) atoms. The van der Waals surface area contributed by atoms with E-state index in [0.29, 0.717) is 5.92 Å². The highest BCUT2D eigenvalue weighted by atomic mass is 14.0. The summed E-state index contributed by atoms with van der Waals surface area (Å²) in [5, 5.41) is 0. The molecule has 0 aliphatic rings.